The lowest BCUT2D eigenvalue weighted by atomic mass is 9.98. The van der Waals surface area contributed by atoms with Crippen LogP contribution in [0.5, 0.6) is 5.75 Å². The van der Waals surface area contributed by atoms with Gasteiger partial charge >= 0.3 is 0 Å². The van der Waals surface area contributed by atoms with Gasteiger partial charge in [-0.25, -0.2) is 0 Å². The fraction of sp³-hybridized carbons (Fsp3) is 0.0455. The summed E-state index contributed by atoms with van der Waals surface area (Å²) < 4.78 is 0. The van der Waals surface area contributed by atoms with E-state index in [4.69, 9.17) is 0 Å². The largest absolute Gasteiger partial charge is 0.507 e. The van der Waals surface area contributed by atoms with Crippen LogP contribution in [0.25, 0.3) is 33.2 Å². The molecule has 0 bridgehead atoms. The highest BCUT2D eigenvalue weighted by Crippen LogP contribution is 2.31. The van der Waals surface area contributed by atoms with Gasteiger partial charge in [0.1, 0.15) is 5.75 Å². The Bertz CT molecular complexity index is 1060. The van der Waals surface area contributed by atoms with Gasteiger partial charge in [0.2, 0.25) is 0 Å². The van der Waals surface area contributed by atoms with Crippen LogP contribution in [0.4, 0.5) is 0 Å². The molecule has 4 rings (SSSR count). The lowest BCUT2D eigenvalue weighted by Crippen LogP contribution is -1.82. The molecule has 0 aliphatic heterocycles. The Hall–Kier alpha value is -3.33. The topological polar surface area (TPSA) is 48.4 Å². The number of benzene rings is 3. The summed E-state index contributed by atoms with van der Waals surface area (Å²) in [6, 6.07) is 22.0. The molecule has 1 heterocycles. The van der Waals surface area contributed by atoms with E-state index < -0.39 is 0 Å². The van der Waals surface area contributed by atoms with Crippen LogP contribution in [0.1, 0.15) is 5.56 Å². The Morgan fingerprint density at radius 2 is 1.60 bits per heavy atom. The van der Waals surface area contributed by atoms with Crippen molar-refractivity contribution in [1.82, 2.24) is 4.98 Å². The van der Waals surface area contributed by atoms with Crippen molar-refractivity contribution in [2.75, 3.05) is 7.05 Å². The second kappa shape index (κ2) is 6.29. The molecule has 3 heteroatoms. The first kappa shape index (κ1) is 15.2. The smallest absolute Gasteiger partial charge is 0.123 e. The lowest BCUT2D eigenvalue weighted by Gasteiger charge is -2.07. The monoisotopic (exact) mass is 326 g/mol. The normalized spacial score (nSPS) is 11.4. The van der Waals surface area contributed by atoms with Crippen LogP contribution in [0.2, 0.25) is 0 Å². The van der Waals surface area contributed by atoms with E-state index in [1.54, 1.807) is 13.1 Å². The summed E-state index contributed by atoms with van der Waals surface area (Å²) in [5.41, 5.74) is 6.33. The Balaban J connectivity index is 1.74. The van der Waals surface area contributed by atoms with E-state index in [0.717, 1.165) is 38.7 Å². The Labute approximate surface area is 146 Å². The zero-order valence-electron chi connectivity index (χ0n) is 13.9. The number of nitrogens with one attached hydrogen (secondary N) is 1. The average molecular weight is 326 g/mol. The number of aromatic nitrogens is 1. The number of aliphatic imine (C=N–C) groups is 1. The van der Waals surface area contributed by atoms with Crippen molar-refractivity contribution in [2.24, 2.45) is 4.99 Å². The van der Waals surface area contributed by atoms with Gasteiger partial charge in [0.05, 0.1) is 0 Å². The van der Waals surface area contributed by atoms with Crippen LogP contribution in [0.3, 0.4) is 0 Å². The predicted molar refractivity (Wildman–Crippen MR) is 104 cm³/mol. The molecule has 1 aromatic heterocycles. The molecule has 122 valence electrons. The number of para-hydroxylation sites is 1. The highest BCUT2D eigenvalue weighted by molar-refractivity contribution is 6.00. The van der Waals surface area contributed by atoms with Crippen LogP contribution < -0.4 is 0 Å². The number of aromatic amines is 1. The molecule has 0 radical (unpaired) electrons. The summed E-state index contributed by atoms with van der Waals surface area (Å²) >= 11 is 0. The van der Waals surface area contributed by atoms with Crippen LogP contribution in [-0.4, -0.2) is 23.4 Å². The van der Waals surface area contributed by atoms with Crippen molar-refractivity contribution >= 4 is 17.1 Å². The Morgan fingerprint density at radius 3 is 2.36 bits per heavy atom. The first-order valence-electron chi connectivity index (χ1n) is 8.18. The third kappa shape index (κ3) is 2.81. The second-order valence-electron chi connectivity index (χ2n) is 5.99. The van der Waals surface area contributed by atoms with Gasteiger partial charge in [0.25, 0.3) is 0 Å². The molecule has 0 amide bonds. The quantitative estimate of drug-likeness (QED) is 0.496. The molecule has 3 nitrogen and oxygen atoms in total. The van der Waals surface area contributed by atoms with Crippen molar-refractivity contribution in [2.45, 2.75) is 0 Å². The van der Waals surface area contributed by atoms with Crippen molar-refractivity contribution < 1.29 is 5.11 Å². The number of phenols is 1. The van der Waals surface area contributed by atoms with E-state index >= 15 is 0 Å². The third-order valence-corrected chi connectivity index (χ3v) is 4.42. The summed E-state index contributed by atoms with van der Waals surface area (Å²) in [6.45, 7) is 0. The molecule has 0 unspecified atom stereocenters. The van der Waals surface area contributed by atoms with Gasteiger partial charge in [-0.1, -0.05) is 48.5 Å². The standard InChI is InChI=1S/C22H18N2O/c1-23-13-18-14-24-21-11-10-17(12-20(18)21)15-6-8-16(9-7-15)19-4-2-3-5-22(19)25/h2-14,24-25H,1H3. The molecule has 3 aromatic carbocycles. The zero-order chi connectivity index (χ0) is 17.2. The zero-order valence-corrected chi connectivity index (χ0v) is 13.9. The molecule has 0 aliphatic carbocycles. The molecule has 0 aliphatic rings. The summed E-state index contributed by atoms with van der Waals surface area (Å²) in [5, 5.41) is 11.2. The summed E-state index contributed by atoms with van der Waals surface area (Å²) in [5.74, 6) is 0.299. The van der Waals surface area contributed by atoms with Gasteiger partial charge in [-0.05, 0) is 34.9 Å². The second-order valence-corrected chi connectivity index (χ2v) is 5.99. The van der Waals surface area contributed by atoms with Crippen LogP contribution in [0, 0.1) is 0 Å². The highest BCUT2D eigenvalue weighted by Gasteiger charge is 2.06. The van der Waals surface area contributed by atoms with E-state index in [9.17, 15) is 5.11 Å². The van der Waals surface area contributed by atoms with Crippen molar-refractivity contribution in [3.63, 3.8) is 0 Å². The fourth-order valence-corrected chi connectivity index (χ4v) is 3.13. The summed E-state index contributed by atoms with van der Waals surface area (Å²) in [4.78, 5) is 7.38. The van der Waals surface area contributed by atoms with E-state index in [1.807, 2.05) is 42.7 Å². The summed E-state index contributed by atoms with van der Waals surface area (Å²) in [6.07, 6.45) is 3.84. The Morgan fingerprint density at radius 1 is 0.880 bits per heavy atom. The molecule has 0 spiro atoms. The minimum Gasteiger partial charge on any atom is -0.507 e. The van der Waals surface area contributed by atoms with Crippen molar-refractivity contribution in [1.29, 1.82) is 0 Å². The maximum Gasteiger partial charge on any atom is 0.123 e. The van der Waals surface area contributed by atoms with Crippen LogP contribution in [-0.2, 0) is 0 Å². The van der Waals surface area contributed by atoms with E-state index in [0.29, 0.717) is 5.75 Å². The number of nitrogens with zero attached hydrogens (tertiary/aromatic N) is 1. The Kier molecular flexibility index (Phi) is 3.82. The molecular weight excluding hydrogens is 308 g/mol. The first-order valence-corrected chi connectivity index (χ1v) is 8.18. The predicted octanol–water partition coefficient (Wildman–Crippen LogP) is 5.26. The van der Waals surface area contributed by atoms with Gasteiger partial charge in [0.15, 0.2) is 0 Å². The molecule has 2 N–H and O–H groups in total. The fourth-order valence-electron chi connectivity index (χ4n) is 3.13. The summed E-state index contributed by atoms with van der Waals surface area (Å²) in [7, 11) is 1.78. The molecule has 0 saturated heterocycles. The number of aromatic hydroxyl groups is 1. The number of phenolic OH excluding ortho intramolecular Hbond substituents is 1. The third-order valence-electron chi connectivity index (χ3n) is 4.42. The number of hydrogen-bond acceptors (Lipinski definition) is 2. The minimum atomic E-state index is 0.299. The minimum absolute atomic E-state index is 0.299. The van der Waals surface area contributed by atoms with Gasteiger partial charge < -0.3 is 10.1 Å². The van der Waals surface area contributed by atoms with Crippen LogP contribution >= 0.6 is 0 Å². The SMILES string of the molecule is CN=Cc1c[nH]c2ccc(-c3ccc(-c4ccccc4O)cc3)cc12. The molecular formula is C22H18N2O. The van der Waals surface area contributed by atoms with Crippen molar-refractivity contribution in [3.8, 4) is 28.0 Å². The average Bonchev–Trinajstić information content (AvgIpc) is 3.05. The van der Waals surface area contributed by atoms with Crippen LogP contribution in [0.15, 0.2) is 77.9 Å². The van der Waals surface area contributed by atoms with E-state index in [-0.39, 0.29) is 0 Å². The number of rotatable bonds is 3. The van der Waals surface area contributed by atoms with Gasteiger partial charge in [-0.15, -0.1) is 0 Å². The highest BCUT2D eigenvalue weighted by atomic mass is 16.3. The molecule has 25 heavy (non-hydrogen) atoms. The van der Waals surface area contributed by atoms with Gasteiger partial charge in [-0.3, -0.25) is 4.99 Å². The lowest BCUT2D eigenvalue weighted by molar-refractivity contribution is 0.477. The number of fused-ring (bicyclic) bond motifs is 1. The number of H-pyrrole nitrogens is 1. The van der Waals surface area contributed by atoms with Gasteiger partial charge in [0, 0.05) is 41.5 Å². The maximum absolute atomic E-state index is 10.0. The molecule has 0 atom stereocenters. The molecule has 4 aromatic rings. The number of hydrogen-bond donors (Lipinski definition) is 2. The van der Waals surface area contributed by atoms with Crippen molar-refractivity contribution in [3.05, 3.63) is 78.5 Å². The molecule has 0 fully saturated rings. The molecule has 0 saturated carbocycles. The van der Waals surface area contributed by atoms with Gasteiger partial charge in [-0.2, -0.15) is 0 Å². The first-order chi connectivity index (χ1) is 12.3. The van der Waals surface area contributed by atoms with E-state index in [2.05, 4.69) is 40.3 Å². The van der Waals surface area contributed by atoms with E-state index in [1.165, 1.54) is 0 Å². The maximum atomic E-state index is 10.0.